The number of benzene rings is 9. The molecule has 0 aromatic heterocycles. The van der Waals surface area contributed by atoms with Crippen LogP contribution < -0.4 is 0 Å². The van der Waals surface area contributed by atoms with Gasteiger partial charge in [0.1, 0.15) is 0 Å². The highest BCUT2D eigenvalue weighted by Crippen LogP contribution is 2.48. The fourth-order valence-electron chi connectivity index (χ4n) is 9.52. The van der Waals surface area contributed by atoms with Gasteiger partial charge in [-0.3, -0.25) is 29.0 Å². The summed E-state index contributed by atoms with van der Waals surface area (Å²) in [4.78, 5) is 60.5. The summed E-state index contributed by atoms with van der Waals surface area (Å²) >= 11 is 0. The fraction of sp³-hybridized carbons (Fsp3) is 0.0833. The molecule has 0 fully saturated rings. The molecule has 0 saturated heterocycles. The summed E-state index contributed by atoms with van der Waals surface area (Å²) in [6, 6.07) is 42.1. The third-order valence-electron chi connectivity index (χ3n) is 12.0. The normalized spacial score (nSPS) is 15.5. The Hall–Kier alpha value is -6.92. The van der Waals surface area contributed by atoms with E-state index in [1.54, 1.807) is 0 Å². The largest absolute Gasteiger partial charge is 0.269 e. The minimum absolute atomic E-state index is 0.329. The first kappa shape index (κ1) is 30.7. The van der Waals surface area contributed by atoms with Gasteiger partial charge in [0.15, 0.2) is 0 Å². The third-order valence-corrected chi connectivity index (χ3v) is 12.0. The molecule has 256 valence electrons. The van der Waals surface area contributed by atoms with Crippen molar-refractivity contribution in [2.24, 2.45) is 0 Å². The van der Waals surface area contributed by atoms with Gasteiger partial charge in [0.2, 0.25) is 0 Å². The molecule has 2 atom stereocenters. The van der Waals surface area contributed by atoms with Crippen molar-refractivity contribution in [3.8, 4) is 0 Å². The minimum atomic E-state index is -0.499. The van der Waals surface area contributed by atoms with E-state index in [2.05, 4.69) is 0 Å². The summed E-state index contributed by atoms with van der Waals surface area (Å²) in [5, 5.41) is 10.5. The zero-order valence-electron chi connectivity index (χ0n) is 29.4. The minimum Gasteiger partial charge on any atom is -0.269 e. The quantitative estimate of drug-likeness (QED) is 0.104. The highest BCUT2D eigenvalue weighted by atomic mass is 16.2. The molecular formula is C48H30N2O4. The van der Waals surface area contributed by atoms with Crippen molar-refractivity contribution in [3.63, 3.8) is 0 Å². The van der Waals surface area contributed by atoms with Crippen LogP contribution in [-0.2, 0) is 0 Å². The molecule has 11 rings (SSSR count). The van der Waals surface area contributed by atoms with Gasteiger partial charge in [0, 0.05) is 33.0 Å². The molecule has 2 aliphatic rings. The van der Waals surface area contributed by atoms with Crippen molar-refractivity contribution in [3.05, 3.63) is 167 Å². The Morgan fingerprint density at radius 2 is 0.648 bits per heavy atom. The van der Waals surface area contributed by atoms with Crippen molar-refractivity contribution in [1.82, 2.24) is 9.80 Å². The van der Waals surface area contributed by atoms with Crippen LogP contribution in [0.2, 0.25) is 0 Å². The maximum absolute atomic E-state index is 14.4. The van der Waals surface area contributed by atoms with Crippen LogP contribution in [0, 0.1) is 0 Å². The van der Waals surface area contributed by atoms with Gasteiger partial charge in [-0.15, -0.1) is 0 Å². The molecule has 4 amide bonds. The molecular weight excluding hydrogens is 669 g/mol. The van der Waals surface area contributed by atoms with E-state index in [-0.39, 0.29) is 23.6 Å². The van der Waals surface area contributed by atoms with E-state index >= 15 is 0 Å². The molecule has 0 unspecified atom stereocenters. The molecule has 6 heteroatoms. The van der Waals surface area contributed by atoms with Gasteiger partial charge in [-0.2, -0.15) is 0 Å². The van der Waals surface area contributed by atoms with Crippen LogP contribution in [0.3, 0.4) is 0 Å². The van der Waals surface area contributed by atoms with E-state index in [0.29, 0.717) is 33.0 Å². The predicted octanol–water partition coefficient (Wildman–Crippen LogP) is 10.8. The van der Waals surface area contributed by atoms with E-state index in [1.807, 2.05) is 147 Å². The first-order valence-electron chi connectivity index (χ1n) is 18.2. The molecule has 2 heterocycles. The summed E-state index contributed by atoms with van der Waals surface area (Å²) in [7, 11) is 0. The number of hydrogen-bond acceptors (Lipinski definition) is 4. The average Bonchev–Trinajstić information content (AvgIpc) is 3.20. The molecule has 0 bridgehead atoms. The van der Waals surface area contributed by atoms with Crippen LogP contribution in [0.25, 0.3) is 64.6 Å². The van der Waals surface area contributed by atoms with Gasteiger partial charge in [0.25, 0.3) is 23.6 Å². The molecule has 0 spiro atoms. The van der Waals surface area contributed by atoms with Crippen molar-refractivity contribution in [1.29, 1.82) is 0 Å². The maximum atomic E-state index is 14.4. The van der Waals surface area contributed by atoms with E-state index < -0.39 is 12.1 Å². The van der Waals surface area contributed by atoms with Gasteiger partial charge in [0.05, 0.1) is 12.1 Å². The second-order valence-corrected chi connectivity index (χ2v) is 14.6. The van der Waals surface area contributed by atoms with E-state index in [0.717, 1.165) is 65.0 Å². The highest BCUT2D eigenvalue weighted by molar-refractivity contribution is 6.41. The first-order valence-corrected chi connectivity index (χ1v) is 18.2. The lowest BCUT2D eigenvalue weighted by Gasteiger charge is -2.34. The standard InChI is InChI=1S/C48H30N2O4/c1-25(29-15-7-11-27-9-3-5-13-31(27)29)49-45(51)37-21-17-33-35-19-23-39-44-40(24-20-36(42(35)44)34-18-22-38(46(49)52)43(37)41(33)34)48(54)50(47(39)53)26(2)30-16-8-12-28-10-4-6-14-32(28)30/h3-26H,1-2H3/t25-,26-/m0/s1. The topological polar surface area (TPSA) is 74.8 Å². The van der Waals surface area contributed by atoms with Gasteiger partial charge in [-0.1, -0.05) is 109 Å². The van der Waals surface area contributed by atoms with Crippen molar-refractivity contribution < 1.29 is 19.2 Å². The Morgan fingerprint density at radius 1 is 0.333 bits per heavy atom. The van der Waals surface area contributed by atoms with Gasteiger partial charge in [-0.25, -0.2) is 0 Å². The molecule has 2 aliphatic heterocycles. The van der Waals surface area contributed by atoms with Crippen molar-refractivity contribution >= 4 is 88.3 Å². The number of rotatable bonds is 4. The Labute approximate surface area is 309 Å². The fourth-order valence-corrected chi connectivity index (χ4v) is 9.52. The van der Waals surface area contributed by atoms with Crippen LogP contribution in [0.15, 0.2) is 133 Å². The predicted molar refractivity (Wildman–Crippen MR) is 213 cm³/mol. The van der Waals surface area contributed by atoms with Crippen molar-refractivity contribution in [2.75, 3.05) is 0 Å². The van der Waals surface area contributed by atoms with Gasteiger partial charge >= 0.3 is 0 Å². The Morgan fingerprint density at radius 3 is 1.00 bits per heavy atom. The Bertz CT molecular complexity index is 2850. The SMILES string of the molecule is C[C@@H](c1cccc2ccccc12)N1C(=O)c2ccc3c4ccc5c6c(ccc(c7ccc(c2c37)C1=O)c64)C(=O)N([C@@H](C)c1cccc2ccccc12)C5=O. The molecule has 9 aromatic rings. The smallest absolute Gasteiger partial charge is 0.261 e. The Balaban J connectivity index is 1.08. The number of amides is 4. The van der Waals surface area contributed by atoms with Crippen molar-refractivity contribution in [2.45, 2.75) is 25.9 Å². The Kier molecular flexibility index (Phi) is 6.14. The third kappa shape index (κ3) is 3.84. The average molecular weight is 699 g/mol. The molecule has 6 nitrogen and oxygen atoms in total. The number of fused-ring (bicyclic) bond motifs is 4. The zero-order valence-corrected chi connectivity index (χ0v) is 29.4. The summed E-state index contributed by atoms with van der Waals surface area (Å²) in [6.45, 7) is 3.82. The summed E-state index contributed by atoms with van der Waals surface area (Å²) in [6.07, 6.45) is 0. The summed E-state index contributed by atoms with van der Waals surface area (Å²) in [5.74, 6) is -1.32. The molecule has 54 heavy (non-hydrogen) atoms. The summed E-state index contributed by atoms with van der Waals surface area (Å²) in [5.41, 5.74) is 3.74. The maximum Gasteiger partial charge on any atom is 0.261 e. The van der Waals surface area contributed by atoms with E-state index in [4.69, 9.17) is 0 Å². The van der Waals surface area contributed by atoms with E-state index in [9.17, 15) is 19.2 Å². The highest BCUT2D eigenvalue weighted by Gasteiger charge is 2.40. The molecule has 0 saturated carbocycles. The monoisotopic (exact) mass is 698 g/mol. The van der Waals surface area contributed by atoms with Gasteiger partial charge in [-0.05, 0) is 103 Å². The molecule has 0 radical (unpaired) electrons. The van der Waals surface area contributed by atoms with Crippen LogP contribution >= 0.6 is 0 Å². The van der Waals surface area contributed by atoms with Crippen LogP contribution in [0.4, 0.5) is 0 Å². The number of imide groups is 2. The zero-order chi connectivity index (χ0) is 36.6. The van der Waals surface area contributed by atoms with Crippen LogP contribution in [0.5, 0.6) is 0 Å². The molecule has 9 aromatic carbocycles. The number of carbonyl (C=O) groups is 4. The summed E-state index contributed by atoms with van der Waals surface area (Å²) < 4.78 is 0. The number of carbonyl (C=O) groups excluding carboxylic acids is 4. The number of hydrogen-bond donors (Lipinski definition) is 0. The molecule has 0 aliphatic carbocycles. The number of nitrogens with zero attached hydrogens (tertiary/aromatic N) is 2. The van der Waals surface area contributed by atoms with Gasteiger partial charge < -0.3 is 0 Å². The van der Waals surface area contributed by atoms with E-state index in [1.165, 1.54) is 9.80 Å². The van der Waals surface area contributed by atoms with Crippen LogP contribution in [0.1, 0.15) is 78.5 Å². The second-order valence-electron chi connectivity index (χ2n) is 14.6. The lowest BCUT2D eigenvalue weighted by atomic mass is 9.81. The lowest BCUT2D eigenvalue weighted by Crippen LogP contribution is -2.42. The second kappa shape index (κ2) is 10.8. The van der Waals surface area contributed by atoms with Crippen LogP contribution in [-0.4, -0.2) is 33.4 Å². The first-order chi connectivity index (χ1) is 26.3. The lowest BCUT2D eigenvalue weighted by molar-refractivity contribution is 0.0535. The molecule has 0 N–H and O–H groups in total.